The maximum Gasteiger partial charge on any atom is 0.435 e. The molecule has 14 heteroatoms. The molecule has 0 amide bonds. The topological polar surface area (TPSA) is 134 Å². The van der Waals surface area contributed by atoms with Crippen molar-refractivity contribution in [1.82, 2.24) is 29.7 Å². The smallest absolute Gasteiger partial charge is 0.435 e. The number of methoxy groups -OCH3 is 2. The second kappa shape index (κ2) is 10.9. The second-order valence-corrected chi connectivity index (χ2v) is 9.28. The minimum absolute atomic E-state index is 0.0402. The van der Waals surface area contributed by atoms with Gasteiger partial charge in [0.05, 0.1) is 25.6 Å². The Morgan fingerprint density at radius 1 is 1.15 bits per heavy atom. The summed E-state index contributed by atoms with van der Waals surface area (Å²) in [6, 6.07) is 7.60. The molecule has 1 aliphatic rings. The quantitative estimate of drug-likeness (QED) is 0.227. The second-order valence-electron chi connectivity index (χ2n) is 9.28. The lowest BCUT2D eigenvalue weighted by Crippen LogP contribution is -2.16. The number of alkyl halides is 3. The molecule has 0 unspecified atom stereocenters. The first kappa shape index (κ1) is 27.7. The summed E-state index contributed by atoms with van der Waals surface area (Å²) in [5.41, 5.74) is 1.26. The number of nitrogens with zero attached hydrogens (tertiary/aromatic N) is 6. The first-order chi connectivity index (χ1) is 19.6. The molecule has 3 aromatic heterocycles. The molecular formula is C27H24F3N7O4. The van der Waals surface area contributed by atoms with E-state index in [1.165, 1.54) is 32.2 Å². The minimum atomic E-state index is -4.55. The van der Waals surface area contributed by atoms with Gasteiger partial charge in [-0.05, 0) is 43.5 Å². The summed E-state index contributed by atoms with van der Waals surface area (Å²) in [7, 11) is 2.62. The summed E-state index contributed by atoms with van der Waals surface area (Å²) < 4.78 is 50.7. The highest BCUT2D eigenvalue weighted by atomic mass is 19.4. The normalized spacial score (nSPS) is 13.1. The molecule has 1 N–H and O–H groups in total. The van der Waals surface area contributed by atoms with Gasteiger partial charge in [0.1, 0.15) is 29.0 Å². The van der Waals surface area contributed by atoms with Crippen LogP contribution in [0, 0.1) is 6.92 Å². The molecule has 0 atom stereocenters. The van der Waals surface area contributed by atoms with Gasteiger partial charge in [-0.1, -0.05) is 12.1 Å². The highest BCUT2D eigenvalue weighted by molar-refractivity contribution is 6.02. The van der Waals surface area contributed by atoms with Crippen LogP contribution in [0.15, 0.2) is 36.7 Å². The van der Waals surface area contributed by atoms with Crippen molar-refractivity contribution >= 4 is 18.1 Å². The molecular weight excluding hydrogens is 543 g/mol. The van der Waals surface area contributed by atoms with E-state index in [9.17, 15) is 22.8 Å². The van der Waals surface area contributed by atoms with Gasteiger partial charge in [0.15, 0.2) is 17.8 Å². The molecule has 1 aromatic carbocycles. The standard InChI is InChI=1S/C27H24F3N7O4/c1-14-10-19(27(28,29)30)36-37(14)17-8-4-15(5-9-17)11-31-23-20(26(39)41-3)18(12-38)34-24(35-23)21-22(16-6-7-16)32-13-33-25(21)40-2/h4-5,8-10,12-13,16H,6-7,11H2,1-3H3,(H,31,34,35). The molecule has 11 nitrogen and oxygen atoms in total. The molecule has 1 saturated carbocycles. The predicted octanol–water partition coefficient (Wildman–Crippen LogP) is 4.54. The largest absolute Gasteiger partial charge is 0.480 e. The Morgan fingerprint density at radius 3 is 2.46 bits per heavy atom. The van der Waals surface area contributed by atoms with Gasteiger partial charge in [-0.15, -0.1) is 0 Å². The van der Waals surface area contributed by atoms with Crippen molar-refractivity contribution < 1.29 is 32.2 Å². The Hall–Kier alpha value is -4.88. The SMILES string of the molecule is COC(=O)c1c(C=O)nc(-c2c(OC)ncnc2C2CC2)nc1NCc1ccc(-n2nc(C(F)(F)F)cc2C)cc1. The number of benzene rings is 1. The number of aryl methyl sites for hydroxylation is 1. The van der Waals surface area contributed by atoms with Gasteiger partial charge in [-0.3, -0.25) is 4.79 Å². The molecule has 212 valence electrons. The number of halogens is 3. The molecule has 0 radical (unpaired) electrons. The fraction of sp³-hybridized carbons (Fsp3) is 0.296. The van der Waals surface area contributed by atoms with Gasteiger partial charge in [0, 0.05) is 18.2 Å². The van der Waals surface area contributed by atoms with Crippen LogP contribution in [0.3, 0.4) is 0 Å². The number of anilines is 1. The van der Waals surface area contributed by atoms with Crippen molar-refractivity contribution in [2.24, 2.45) is 0 Å². The molecule has 3 heterocycles. The Morgan fingerprint density at radius 2 is 1.88 bits per heavy atom. The summed E-state index contributed by atoms with van der Waals surface area (Å²) >= 11 is 0. The van der Waals surface area contributed by atoms with Crippen LogP contribution >= 0.6 is 0 Å². The molecule has 4 aromatic rings. The minimum Gasteiger partial charge on any atom is -0.480 e. The third-order valence-electron chi connectivity index (χ3n) is 6.48. The molecule has 1 aliphatic carbocycles. The number of esters is 1. The zero-order valence-corrected chi connectivity index (χ0v) is 22.2. The van der Waals surface area contributed by atoms with Crippen LogP contribution in [0.4, 0.5) is 19.0 Å². The fourth-order valence-electron chi connectivity index (χ4n) is 4.33. The number of carbonyl (C=O) groups excluding carboxylic acids is 2. The van der Waals surface area contributed by atoms with Gasteiger partial charge < -0.3 is 14.8 Å². The molecule has 0 bridgehead atoms. The number of hydrogen-bond acceptors (Lipinski definition) is 10. The zero-order valence-electron chi connectivity index (χ0n) is 22.2. The van der Waals surface area contributed by atoms with Crippen LogP contribution in [0.2, 0.25) is 0 Å². The van der Waals surface area contributed by atoms with Crippen molar-refractivity contribution in [3.05, 3.63) is 70.6 Å². The summed E-state index contributed by atoms with van der Waals surface area (Å²) in [4.78, 5) is 42.1. The van der Waals surface area contributed by atoms with E-state index < -0.39 is 17.8 Å². The van der Waals surface area contributed by atoms with Crippen LogP contribution in [-0.4, -0.2) is 56.2 Å². The summed E-state index contributed by atoms with van der Waals surface area (Å²) in [6.07, 6.45) is -0.887. The van der Waals surface area contributed by atoms with E-state index >= 15 is 0 Å². The molecule has 0 aliphatic heterocycles. The summed E-state index contributed by atoms with van der Waals surface area (Å²) in [6.45, 7) is 1.67. The van der Waals surface area contributed by atoms with Crippen molar-refractivity contribution in [3.63, 3.8) is 0 Å². The van der Waals surface area contributed by atoms with Gasteiger partial charge in [0.25, 0.3) is 0 Å². The maximum absolute atomic E-state index is 13.1. The number of carbonyl (C=O) groups is 2. The van der Waals surface area contributed by atoms with Crippen molar-refractivity contribution in [1.29, 1.82) is 0 Å². The number of rotatable bonds is 9. The Kier molecular flexibility index (Phi) is 7.39. The van der Waals surface area contributed by atoms with E-state index in [4.69, 9.17) is 9.47 Å². The molecule has 0 saturated heterocycles. The summed E-state index contributed by atoms with van der Waals surface area (Å²) in [5.74, 6) is -0.269. The average Bonchev–Trinajstić information content (AvgIpc) is 3.74. The molecule has 5 rings (SSSR count). The van der Waals surface area contributed by atoms with Crippen LogP contribution in [-0.2, 0) is 17.5 Å². The van der Waals surface area contributed by atoms with E-state index in [0.717, 1.165) is 18.9 Å². The third-order valence-corrected chi connectivity index (χ3v) is 6.48. The molecule has 1 fully saturated rings. The number of nitrogens with one attached hydrogen (secondary N) is 1. The highest BCUT2D eigenvalue weighted by Crippen LogP contribution is 2.45. The van der Waals surface area contributed by atoms with Crippen molar-refractivity contribution in [3.8, 4) is 23.0 Å². The molecule has 41 heavy (non-hydrogen) atoms. The van der Waals surface area contributed by atoms with Crippen LogP contribution < -0.4 is 10.1 Å². The first-order valence-corrected chi connectivity index (χ1v) is 12.5. The monoisotopic (exact) mass is 567 g/mol. The van der Waals surface area contributed by atoms with E-state index in [1.807, 2.05) is 0 Å². The first-order valence-electron chi connectivity index (χ1n) is 12.5. The van der Waals surface area contributed by atoms with Crippen LogP contribution in [0.1, 0.15) is 62.3 Å². The Labute approximate surface area is 231 Å². The highest BCUT2D eigenvalue weighted by Gasteiger charge is 2.35. The van der Waals surface area contributed by atoms with Crippen LogP contribution in [0.25, 0.3) is 17.1 Å². The van der Waals surface area contributed by atoms with Gasteiger partial charge in [0.2, 0.25) is 5.88 Å². The van der Waals surface area contributed by atoms with E-state index in [1.54, 1.807) is 24.3 Å². The average molecular weight is 568 g/mol. The summed E-state index contributed by atoms with van der Waals surface area (Å²) in [5, 5.41) is 6.73. The van der Waals surface area contributed by atoms with E-state index in [-0.39, 0.29) is 41.2 Å². The van der Waals surface area contributed by atoms with Gasteiger partial charge in [-0.2, -0.15) is 18.3 Å². The number of aromatic nitrogens is 6. The maximum atomic E-state index is 13.1. The fourth-order valence-corrected chi connectivity index (χ4v) is 4.33. The van der Waals surface area contributed by atoms with Gasteiger partial charge >= 0.3 is 12.1 Å². The number of aldehydes is 1. The van der Waals surface area contributed by atoms with Gasteiger partial charge in [-0.25, -0.2) is 29.4 Å². The molecule has 0 spiro atoms. The third kappa shape index (κ3) is 5.58. The van der Waals surface area contributed by atoms with E-state index in [0.29, 0.717) is 34.5 Å². The predicted molar refractivity (Wildman–Crippen MR) is 139 cm³/mol. The van der Waals surface area contributed by atoms with E-state index in [2.05, 4.69) is 30.4 Å². The number of ether oxygens (including phenoxy) is 2. The lowest BCUT2D eigenvalue weighted by molar-refractivity contribution is -0.141. The Bertz CT molecular complexity index is 1620. The lowest BCUT2D eigenvalue weighted by atomic mass is 10.1. The number of hydrogen-bond donors (Lipinski definition) is 1. The van der Waals surface area contributed by atoms with Crippen molar-refractivity contribution in [2.75, 3.05) is 19.5 Å². The Balaban J connectivity index is 1.48. The zero-order chi connectivity index (χ0) is 29.3. The van der Waals surface area contributed by atoms with Crippen LogP contribution in [0.5, 0.6) is 5.88 Å². The lowest BCUT2D eigenvalue weighted by Gasteiger charge is -2.15. The van der Waals surface area contributed by atoms with Crippen molar-refractivity contribution in [2.45, 2.75) is 38.4 Å².